The minimum Gasteiger partial charge on any atom is -0.481 e. The second-order valence-corrected chi connectivity index (χ2v) is 6.09. The van der Waals surface area contributed by atoms with Crippen LogP contribution in [0.15, 0.2) is 0 Å². The average molecular weight is 238 g/mol. The largest absolute Gasteiger partial charge is 0.481 e. The Morgan fingerprint density at radius 1 is 1.24 bits per heavy atom. The molecule has 0 aromatic carbocycles. The van der Waals surface area contributed by atoms with Gasteiger partial charge in [0.25, 0.3) is 0 Å². The van der Waals surface area contributed by atoms with E-state index < -0.39 is 17.3 Å². The molecule has 0 aromatic heterocycles. The maximum absolute atomic E-state index is 12.1. The summed E-state index contributed by atoms with van der Waals surface area (Å²) < 4.78 is 0. The molecule has 0 spiro atoms. The predicted molar refractivity (Wildman–Crippen MR) is 64.6 cm³/mol. The summed E-state index contributed by atoms with van der Waals surface area (Å²) in [5, 5.41) is 9.30. The molecule has 0 aliphatic heterocycles. The molecule has 1 N–H and O–H groups in total. The van der Waals surface area contributed by atoms with Gasteiger partial charge in [-0.05, 0) is 31.1 Å². The van der Waals surface area contributed by atoms with Gasteiger partial charge in [-0.15, -0.1) is 0 Å². The quantitative estimate of drug-likeness (QED) is 0.804. The molecule has 0 bridgehead atoms. The summed E-state index contributed by atoms with van der Waals surface area (Å²) in [6.07, 6.45) is 5.32. The van der Waals surface area contributed by atoms with Gasteiger partial charge in [0.05, 0.1) is 5.92 Å². The van der Waals surface area contributed by atoms with Crippen LogP contribution < -0.4 is 0 Å². The van der Waals surface area contributed by atoms with E-state index in [0.717, 1.165) is 31.6 Å². The SMILES string of the molecule is CC1CCC([C@@]2(C)C(=O)CC[C@@H]2C(=O)O)CC1. The molecule has 0 amide bonds. The van der Waals surface area contributed by atoms with Crippen molar-refractivity contribution in [3.63, 3.8) is 0 Å². The van der Waals surface area contributed by atoms with Crippen LogP contribution in [-0.4, -0.2) is 16.9 Å². The first-order valence-corrected chi connectivity index (χ1v) is 6.72. The Balaban J connectivity index is 2.20. The molecule has 0 aromatic rings. The number of ketones is 1. The van der Waals surface area contributed by atoms with Crippen molar-refractivity contribution in [3.05, 3.63) is 0 Å². The van der Waals surface area contributed by atoms with Gasteiger partial charge in [0, 0.05) is 11.8 Å². The third-order valence-corrected chi connectivity index (χ3v) is 5.15. The second kappa shape index (κ2) is 4.43. The number of hydrogen-bond donors (Lipinski definition) is 1. The number of Topliss-reactive ketones (excluding diaryl/α,β-unsaturated/α-hetero) is 1. The minimum absolute atomic E-state index is 0.185. The normalized spacial score (nSPS) is 42.7. The number of carboxylic acid groups (broad SMARTS) is 1. The zero-order valence-electron chi connectivity index (χ0n) is 10.7. The lowest BCUT2D eigenvalue weighted by Gasteiger charge is -2.40. The molecular formula is C14H22O3. The summed E-state index contributed by atoms with van der Waals surface area (Å²) in [5.74, 6) is -0.0285. The van der Waals surface area contributed by atoms with E-state index in [4.69, 9.17) is 0 Å². The van der Waals surface area contributed by atoms with Crippen LogP contribution in [0.1, 0.15) is 52.4 Å². The van der Waals surface area contributed by atoms with Crippen LogP contribution >= 0.6 is 0 Å². The Morgan fingerprint density at radius 2 is 1.82 bits per heavy atom. The van der Waals surface area contributed by atoms with E-state index in [1.807, 2.05) is 6.92 Å². The van der Waals surface area contributed by atoms with Crippen molar-refractivity contribution in [1.29, 1.82) is 0 Å². The van der Waals surface area contributed by atoms with Gasteiger partial charge in [0.1, 0.15) is 5.78 Å². The lowest BCUT2D eigenvalue weighted by Crippen LogP contribution is -2.42. The molecular weight excluding hydrogens is 216 g/mol. The second-order valence-electron chi connectivity index (χ2n) is 6.09. The van der Waals surface area contributed by atoms with Crippen molar-refractivity contribution < 1.29 is 14.7 Å². The van der Waals surface area contributed by atoms with Crippen molar-refractivity contribution in [1.82, 2.24) is 0 Å². The Bertz CT molecular complexity index is 328. The van der Waals surface area contributed by atoms with Crippen molar-refractivity contribution in [3.8, 4) is 0 Å². The Kier molecular flexibility index (Phi) is 3.28. The molecule has 2 atom stereocenters. The molecule has 0 radical (unpaired) electrons. The minimum atomic E-state index is -0.781. The third kappa shape index (κ3) is 2.00. The van der Waals surface area contributed by atoms with Crippen LogP contribution in [0.2, 0.25) is 0 Å². The Labute approximate surface area is 103 Å². The molecule has 3 nitrogen and oxygen atoms in total. The summed E-state index contributed by atoms with van der Waals surface area (Å²) in [6, 6.07) is 0. The number of carbonyl (C=O) groups excluding carboxylic acids is 1. The highest BCUT2D eigenvalue weighted by atomic mass is 16.4. The summed E-state index contributed by atoms with van der Waals surface area (Å²) >= 11 is 0. The van der Waals surface area contributed by atoms with Gasteiger partial charge in [-0.1, -0.05) is 26.7 Å². The fourth-order valence-electron chi connectivity index (χ4n) is 3.79. The van der Waals surface area contributed by atoms with Gasteiger partial charge in [-0.25, -0.2) is 0 Å². The summed E-state index contributed by atoms with van der Waals surface area (Å²) in [6.45, 7) is 4.14. The van der Waals surface area contributed by atoms with E-state index in [2.05, 4.69) is 6.92 Å². The number of aliphatic carboxylic acids is 1. The Hall–Kier alpha value is -0.860. The monoisotopic (exact) mass is 238 g/mol. The smallest absolute Gasteiger partial charge is 0.307 e. The third-order valence-electron chi connectivity index (χ3n) is 5.15. The number of hydrogen-bond acceptors (Lipinski definition) is 2. The molecule has 96 valence electrons. The first kappa shape index (κ1) is 12.6. The zero-order valence-corrected chi connectivity index (χ0v) is 10.7. The first-order chi connectivity index (χ1) is 7.96. The van der Waals surface area contributed by atoms with Crippen molar-refractivity contribution in [2.45, 2.75) is 52.4 Å². The number of carboxylic acids is 1. The lowest BCUT2D eigenvalue weighted by molar-refractivity contribution is -0.151. The van der Waals surface area contributed by atoms with Gasteiger partial charge < -0.3 is 5.11 Å². The van der Waals surface area contributed by atoms with Crippen LogP contribution in [0.3, 0.4) is 0 Å². The first-order valence-electron chi connectivity index (χ1n) is 6.72. The highest BCUT2D eigenvalue weighted by Gasteiger charge is 2.54. The lowest BCUT2D eigenvalue weighted by atomic mass is 9.63. The van der Waals surface area contributed by atoms with E-state index in [1.54, 1.807) is 0 Å². The molecule has 2 rings (SSSR count). The highest BCUT2D eigenvalue weighted by molar-refractivity contribution is 5.93. The number of rotatable bonds is 2. The molecule has 2 aliphatic carbocycles. The van der Waals surface area contributed by atoms with Crippen LogP contribution in [0, 0.1) is 23.2 Å². The molecule has 2 saturated carbocycles. The van der Waals surface area contributed by atoms with Crippen LogP contribution in [0.25, 0.3) is 0 Å². The Morgan fingerprint density at radius 3 is 2.35 bits per heavy atom. The van der Waals surface area contributed by atoms with E-state index in [1.165, 1.54) is 0 Å². The van der Waals surface area contributed by atoms with Crippen LogP contribution in [0.4, 0.5) is 0 Å². The molecule has 0 unspecified atom stereocenters. The molecule has 17 heavy (non-hydrogen) atoms. The fourth-order valence-corrected chi connectivity index (χ4v) is 3.79. The van der Waals surface area contributed by atoms with Gasteiger partial charge in [0.15, 0.2) is 0 Å². The van der Waals surface area contributed by atoms with Gasteiger partial charge >= 0.3 is 5.97 Å². The highest BCUT2D eigenvalue weighted by Crippen LogP contribution is 2.51. The van der Waals surface area contributed by atoms with E-state index in [9.17, 15) is 14.7 Å². The molecule has 2 aliphatic rings. The number of carbonyl (C=O) groups is 2. The summed E-state index contributed by atoms with van der Waals surface area (Å²) in [7, 11) is 0. The average Bonchev–Trinajstić information content (AvgIpc) is 2.57. The van der Waals surface area contributed by atoms with E-state index in [-0.39, 0.29) is 11.7 Å². The standard InChI is InChI=1S/C14H22O3/c1-9-3-5-10(6-4-9)14(2)11(13(16)17)7-8-12(14)15/h9-11H,3-8H2,1-2H3,(H,16,17)/t9?,10?,11-,14-/m1/s1. The topological polar surface area (TPSA) is 54.4 Å². The molecule has 0 saturated heterocycles. The van der Waals surface area contributed by atoms with Gasteiger partial charge in [-0.3, -0.25) is 9.59 Å². The van der Waals surface area contributed by atoms with Crippen molar-refractivity contribution in [2.75, 3.05) is 0 Å². The maximum atomic E-state index is 12.1. The van der Waals surface area contributed by atoms with Gasteiger partial charge in [0.2, 0.25) is 0 Å². The summed E-state index contributed by atoms with van der Waals surface area (Å²) in [4.78, 5) is 23.4. The van der Waals surface area contributed by atoms with Crippen LogP contribution in [-0.2, 0) is 9.59 Å². The van der Waals surface area contributed by atoms with Crippen LogP contribution in [0.5, 0.6) is 0 Å². The molecule has 2 fully saturated rings. The molecule has 3 heteroatoms. The maximum Gasteiger partial charge on any atom is 0.307 e. The zero-order chi connectivity index (χ0) is 12.6. The van der Waals surface area contributed by atoms with E-state index >= 15 is 0 Å². The molecule has 0 heterocycles. The van der Waals surface area contributed by atoms with E-state index in [0.29, 0.717) is 12.8 Å². The fraction of sp³-hybridized carbons (Fsp3) is 0.857. The summed E-state index contributed by atoms with van der Waals surface area (Å²) in [5.41, 5.74) is -0.591. The predicted octanol–water partition coefficient (Wildman–Crippen LogP) is 2.88. The van der Waals surface area contributed by atoms with Crippen molar-refractivity contribution in [2.24, 2.45) is 23.2 Å². The van der Waals surface area contributed by atoms with Crippen molar-refractivity contribution >= 4 is 11.8 Å². The van der Waals surface area contributed by atoms with Gasteiger partial charge in [-0.2, -0.15) is 0 Å².